The largest absolute Gasteiger partial charge is 0.342 e. The number of piperidine rings is 1. The van der Waals surface area contributed by atoms with Gasteiger partial charge in [-0.1, -0.05) is 60.7 Å². The Kier molecular flexibility index (Phi) is 4.78. The molecule has 0 spiro atoms. The molecule has 1 aliphatic heterocycles. The summed E-state index contributed by atoms with van der Waals surface area (Å²) in [6, 6.07) is 20.4. The van der Waals surface area contributed by atoms with Gasteiger partial charge in [0.05, 0.1) is 24.4 Å². The van der Waals surface area contributed by atoms with Crippen LogP contribution in [0.4, 0.5) is 0 Å². The molecule has 132 valence electrons. The first-order chi connectivity index (χ1) is 12.8. The molecule has 1 saturated heterocycles. The average Bonchev–Trinajstić information content (AvgIpc) is 3.25. The second-order valence-corrected chi connectivity index (χ2v) is 6.66. The Morgan fingerprint density at radius 2 is 1.35 bits per heavy atom. The minimum atomic E-state index is -0.253. The molecule has 0 unspecified atom stereocenters. The SMILES string of the molecule is O=C(C(c1ccccc1)c1ccccc1)N1CCC(n2nccn2)CC1. The van der Waals surface area contributed by atoms with Crippen LogP contribution in [0, 0.1) is 0 Å². The topological polar surface area (TPSA) is 51.0 Å². The standard InChI is InChI=1S/C21H22N4O/c26-21(24-15-11-19(12-16-24)25-22-13-14-23-25)20(17-7-3-1-4-8-17)18-9-5-2-6-10-18/h1-10,13-14,19-20H,11-12,15-16H2. The first kappa shape index (κ1) is 16.5. The molecule has 1 amide bonds. The quantitative estimate of drug-likeness (QED) is 0.728. The van der Waals surface area contributed by atoms with Crippen molar-refractivity contribution in [3.63, 3.8) is 0 Å². The summed E-state index contributed by atoms with van der Waals surface area (Å²) in [7, 11) is 0. The summed E-state index contributed by atoms with van der Waals surface area (Å²) in [6.07, 6.45) is 5.18. The van der Waals surface area contributed by atoms with Crippen LogP contribution >= 0.6 is 0 Å². The third-order valence-electron chi connectivity index (χ3n) is 5.05. The lowest BCUT2D eigenvalue weighted by Gasteiger charge is -2.34. The van der Waals surface area contributed by atoms with Crippen LogP contribution in [0.5, 0.6) is 0 Å². The lowest BCUT2D eigenvalue weighted by molar-refractivity contribution is -0.133. The molecule has 0 radical (unpaired) electrons. The van der Waals surface area contributed by atoms with Gasteiger partial charge in [-0.2, -0.15) is 15.0 Å². The van der Waals surface area contributed by atoms with E-state index >= 15 is 0 Å². The highest BCUT2D eigenvalue weighted by Crippen LogP contribution is 2.29. The molecule has 1 aliphatic rings. The molecule has 0 atom stereocenters. The van der Waals surface area contributed by atoms with Gasteiger partial charge in [0.2, 0.25) is 5.91 Å². The van der Waals surface area contributed by atoms with Crippen LogP contribution in [0.2, 0.25) is 0 Å². The Balaban J connectivity index is 1.54. The summed E-state index contributed by atoms with van der Waals surface area (Å²) in [5, 5.41) is 8.48. The zero-order valence-corrected chi connectivity index (χ0v) is 14.6. The molecule has 0 aliphatic carbocycles. The third kappa shape index (κ3) is 3.38. The van der Waals surface area contributed by atoms with Crippen LogP contribution in [-0.2, 0) is 4.79 Å². The van der Waals surface area contributed by atoms with Crippen LogP contribution in [0.15, 0.2) is 73.1 Å². The van der Waals surface area contributed by atoms with E-state index in [0.29, 0.717) is 0 Å². The number of benzene rings is 2. The molecule has 3 aromatic rings. The van der Waals surface area contributed by atoms with Gasteiger partial charge in [-0.05, 0) is 24.0 Å². The van der Waals surface area contributed by atoms with Gasteiger partial charge in [0, 0.05) is 13.1 Å². The number of likely N-dealkylation sites (tertiary alicyclic amines) is 1. The maximum atomic E-state index is 13.4. The van der Waals surface area contributed by atoms with Crippen molar-refractivity contribution < 1.29 is 4.79 Å². The van der Waals surface area contributed by atoms with Crippen molar-refractivity contribution in [2.45, 2.75) is 24.8 Å². The van der Waals surface area contributed by atoms with Crippen LogP contribution in [0.3, 0.4) is 0 Å². The van der Waals surface area contributed by atoms with Crippen molar-refractivity contribution in [3.05, 3.63) is 84.2 Å². The molecular weight excluding hydrogens is 324 g/mol. The number of nitrogens with zero attached hydrogens (tertiary/aromatic N) is 4. The fourth-order valence-electron chi connectivity index (χ4n) is 3.68. The predicted octanol–water partition coefficient (Wildman–Crippen LogP) is 3.27. The van der Waals surface area contributed by atoms with E-state index in [0.717, 1.165) is 37.1 Å². The molecule has 0 saturated carbocycles. The minimum absolute atomic E-state index is 0.175. The number of hydrogen-bond donors (Lipinski definition) is 0. The molecule has 5 heteroatoms. The van der Waals surface area contributed by atoms with E-state index in [2.05, 4.69) is 10.2 Å². The Hall–Kier alpha value is -2.95. The van der Waals surface area contributed by atoms with Gasteiger partial charge >= 0.3 is 0 Å². The van der Waals surface area contributed by atoms with Gasteiger partial charge in [-0.15, -0.1) is 0 Å². The number of carbonyl (C=O) groups excluding carboxylic acids is 1. The molecule has 0 bridgehead atoms. The van der Waals surface area contributed by atoms with E-state index in [1.54, 1.807) is 17.2 Å². The van der Waals surface area contributed by atoms with Crippen molar-refractivity contribution in [1.29, 1.82) is 0 Å². The van der Waals surface area contributed by atoms with Gasteiger partial charge in [0.1, 0.15) is 0 Å². The average molecular weight is 346 g/mol. The van der Waals surface area contributed by atoms with E-state index in [1.165, 1.54) is 0 Å². The molecule has 26 heavy (non-hydrogen) atoms. The summed E-state index contributed by atoms with van der Waals surface area (Å²) in [6.45, 7) is 1.47. The molecule has 5 nitrogen and oxygen atoms in total. The molecular formula is C21H22N4O. The Bertz CT molecular complexity index is 785. The highest BCUT2D eigenvalue weighted by molar-refractivity contribution is 5.87. The van der Waals surface area contributed by atoms with Gasteiger partial charge in [-0.25, -0.2) is 0 Å². The number of carbonyl (C=O) groups is 1. The summed E-state index contributed by atoms with van der Waals surface area (Å²) < 4.78 is 0. The van der Waals surface area contributed by atoms with Crippen LogP contribution in [0.25, 0.3) is 0 Å². The molecule has 1 fully saturated rings. The molecule has 2 aromatic carbocycles. The predicted molar refractivity (Wildman–Crippen MR) is 99.6 cm³/mol. The summed E-state index contributed by atoms with van der Waals surface area (Å²) >= 11 is 0. The second kappa shape index (κ2) is 7.52. The van der Waals surface area contributed by atoms with E-state index in [4.69, 9.17) is 0 Å². The fraction of sp³-hybridized carbons (Fsp3) is 0.286. The summed E-state index contributed by atoms with van der Waals surface area (Å²) in [5.41, 5.74) is 2.08. The second-order valence-electron chi connectivity index (χ2n) is 6.66. The van der Waals surface area contributed by atoms with E-state index in [1.807, 2.05) is 65.6 Å². The fourth-order valence-corrected chi connectivity index (χ4v) is 3.68. The normalized spacial score (nSPS) is 15.3. The van der Waals surface area contributed by atoms with Crippen molar-refractivity contribution in [3.8, 4) is 0 Å². The van der Waals surface area contributed by atoms with Crippen LogP contribution in [0.1, 0.15) is 35.9 Å². The maximum absolute atomic E-state index is 13.4. The zero-order valence-electron chi connectivity index (χ0n) is 14.6. The molecule has 4 rings (SSSR count). The number of rotatable bonds is 4. The highest BCUT2D eigenvalue weighted by Gasteiger charge is 2.31. The van der Waals surface area contributed by atoms with Crippen molar-refractivity contribution in [2.75, 3.05) is 13.1 Å². The first-order valence-electron chi connectivity index (χ1n) is 9.07. The Morgan fingerprint density at radius 3 is 1.85 bits per heavy atom. The molecule has 0 N–H and O–H groups in total. The van der Waals surface area contributed by atoms with Crippen molar-refractivity contribution >= 4 is 5.91 Å². The van der Waals surface area contributed by atoms with Crippen molar-refractivity contribution in [2.24, 2.45) is 0 Å². The third-order valence-corrected chi connectivity index (χ3v) is 5.05. The summed E-state index contributed by atoms with van der Waals surface area (Å²) in [4.78, 5) is 17.1. The van der Waals surface area contributed by atoms with E-state index < -0.39 is 0 Å². The smallest absolute Gasteiger partial charge is 0.234 e. The first-order valence-corrected chi connectivity index (χ1v) is 9.07. The molecule has 2 heterocycles. The van der Waals surface area contributed by atoms with Gasteiger partial charge in [0.15, 0.2) is 0 Å². The maximum Gasteiger partial charge on any atom is 0.234 e. The number of hydrogen-bond acceptors (Lipinski definition) is 3. The minimum Gasteiger partial charge on any atom is -0.342 e. The van der Waals surface area contributed by atoms with Crippen molar-refractivity contribution in [1.82, 2.24) is 19.9 Å². The molecule has 1 aromatic heterocycles. The number of amides is 1. The Labute approximate surface area is 153 Å². The van der Waals surface area contributed by atoms with Gasteiger partial charge in [0.25, 0.3) is 0 Å². The van der Waals surface area contributed by atoms with Crippen LogP contribution in [-0.4, -0.2) is 38.9 Å². The van der Waals surface area contributed by atoms with Crippen LogP contribution < -0.4 is 0 Å². The highest BCUT2D eigenvalue weighted by atomic mass is 16.2. The zero-order chi connectivity index (χ0) is 17.8. The van der Waals surface area contributed by atoms with E-state index in [9.17, 15) is 4.79 Å². The number of aromatic nitrogens is 3. The van der Waals surface area contributed by atoms with Gasteiger partial charge < -0.3 is 4.90 Å². The van der Waals surface area contributed by atoms with E-state index in [-0.39, 0.29) is 17.9 Å². The lowest BCUT2D eigenvalue weighted by Crippen LogP contribution is -2.42. The van der Waals surface area contributed by atoms with Gasteiger partial charge in [-0.3, -0.25) is 4.79 Å². The lowest BCUT2D eigenvalue weighted by atomic mass is 9.89. The summed E-state index contributed by atoms with van der Waals surface area (Å²) in [5.74, 6) is -0.0777. The Morgan fingerprint density at radius 1 is 0.846 bits per heavy atom. The monoisotopic (exact) mass is 346 g/mol.